The van der Waals surface area contributed by atoms with Gasteiger partial charge in [-0.15, -0.1) is 0 Å². The number of benzene rings is 1. The average Bonchev–Trinajstić information content (AvgIpc) is 2.82. The van der Waals surface area contributed by atoms with Crippen LogP contribution >= 0.6 is 0 Å². The molecule has 3 heterocycles. The first-order valence-corrected chi connectivity index (χ1v) is 13.0. The molecular weight excluding hydrogens is 398 g/mol. The molecular formula is C27H39N3O2. The Hall–Kier alpha value is -1.88. The minimum absolute atomic E-state index is 0.143. The quantitative estimate of drug-likeness (QED) is 0.706. The first-order chi connectivity index (χ1) is 15.6. The number of anilines is 1. The molecule has 5 rings (SSSR count). The fraction of sp³-hybridized carbons (Fsp3) is 0.704. The Morgan fingerprint density at radius 1 is 0.906 bits per heavy atom. The third kappa shape index (κ3) is 4.88. The van der Waals surface area contributed by atoms with Gasteiger partial charge in [-0.2, -0.15) is 0 Å². The van der Waals surface area contributed by atoms with Crippen LogP contribution in [0.5, 0.6) is 0 Å². The lowest BCUT2D eigenvalue weighted by Crippen LogP contribution is -2.47. The van der Waals surface area contributed by atoms with Crippen molar-refractivity contribution in [1.82, 2.24) is 10.2 Å². The Morgan fingerprint density at radius 3 is 2.34 bits per heavy atom. The van der Waals surface area contributed by atoms with Crippen molar-refractivity contribution in [2.24, 2.45) is 11.3 Å². The lowest BCUT2D eigenvalue weighted by Gasteiger charge is -2.48. The van der Waals surface area contributed by atoms with E-state index in [-0.39, 0.29) is 17.7 Å². The van der Waals surface area contributed by atoms with Crippen molar-refractivity contribution in [2.45, 2.75) is 76.5 Å². The van der Waals surface area contributed by atoms with Crippen molar-refractivity contribution in [3.63, 3.8) is 0 Å². The zero-order valence-corrected chi connectivity index (χ0v) is 19.5. The number of hydrogen-bond donors (Lipinski definition) is 1. The predicted octanol–water partition coefficient (Wildman–Crippen LogP) is 4.47. The number of likely N-dealkylation sites (tertiary alicyclic amines) is 1. The molecule has 2 amide bonds. The third-order valence-corrected chi connectivity index (χ3v) is 8.86. The topological polar surface area (TPSA) is 52.7 Å². The molecule has 1 aromatic rings. The Labute approximate surface area is 192 Å². The van der Waals surface area contributed by atoms with Gasteiger partial charge in [-0.3, -0.25) is 14.9 Å². The van der Waals surface area contributed by atoms with Gasteiger partial charge in [0.15, 0.2) is 0 Å². The largest absolute Gasteiger partial charge is 0.371 e. The minimum Gasteiger partial charge on any atom is -0.371 e. The Bertz CT molecular complexity index is 814. The molecule has 5 heteroatoms. The molecule has 0 bridgehead atoms. The molecule has 3 saturated heterocycles. The van der Waals surface area contributed by atoms with Crippen LogP contribution < -0.4 is 10.2 Å². The first-order valence-electron chi connectivity index (χ1n) is 13.0. The highest BCUT2D eigenvalue weighted by molar-refractivity contribution is 6.01. The van der Waals surface area contributed by atoms with Crippen LogP contribution in [-0.2, 0) is 9.59 Å². The van der Waals surface area contributed by atoms with E-state index in [0.29, 0.717) is 18.3 Å². The second kappa shape index (κ2) is 9.54. The first kappa shape index (κ1) is 21.9. The Morgan fingerprint density at radius 2 is 1.62 bits per heavy atom. The number of amides is 2. The molecule has 5 nitrogen and oxygen atoms in total. The van der Waals surface area contributed by atoms with Gasteiger partial charge < -0.3 is 9.80 Å². The molecule has 0 radical (unpaired) electrons. The molecule has 3 aliphatic heterocycles. The fourth-order valence-corrected chi connectivity index (χ4v) is 6.63. The number of piperidine rings is 3. The summed E-state index contributed by atoms with van der Waals surface area (Å²) in [7, 11) is 0. The highest BCUT2D eigenvalue weighted by Crippen LogP contribution is 2.43. The van der Waals surface area contributed by atoms with Gasteiger partial charge in [0.25, 0.3) is 0 Å². The average molecular weight is 438 g/mol. The van der Waals surface area contributed by atoms with Crippen LogP contribution in [0.15, 0.2) is 24.3 Å². The Kier molecular flexibility index (Phi) is 6.54. The maximum atomic E-state index is 12.3. The summed E-state index contributed by atoms with van der Waals surface area (Å²) in [4.78, 5) is 29.1. The zero-order chi connectivity index (χ0) is 22.0. The molecule has 4 fully saturated rings. The summed E-state index contributed by atoms with van der Waals surface area (Å²) >= 11 is 0. The van der Waals surface area contributed by atoms with Crippen molar-refractivity contribution >= 4 is 17.5 Å². The molecule has 1 unspecified atom stereocenters. The third-order valence-electron chi connectivity index (χ3n) is 8.86. The molecule has 1 aromatic carbocycles. The van der Waals surface area contributed by atoms with E-state index in [9.17, 15) is 9.59 Å². The summed E-state index contributed by atoms with van der Waals surface area (Å²) in [6.45, 7) is 6.15. The van der Waals surface area contributed by atoms with E-state index >= 15 is 0 Å². The summed E-state index contributed by atoms with van der Waals surface area (Å²) in [5.74, 6) is 0.470. The highest BCUT2D eigenvalue weighted by atomic mass is 16.2. The van der Waals surface area contributed by atoms with E-state index in [2.05, 4.69) is 33.3 Å². The predicted molar refractivity (Wildman–Crippen MR) is 128 cm³/mol. The number of rotatable bonds is 4. The molecule has 174 valence electrons. The lowest BCUT2D eigenvalue weighted by molar-refractivity contribution is -0.134. The van der Waals surface area contributed by atoms with Crippen molar-refractivity contribution in [1.29, 1.82) is 0 Å². The smallest absolute Gasteiger partial charge is 0.234 e. The van der Waals surface area contributed by atoms with Crippen LogP contribution in [0.1, 0.15) is 82.1 Å². The number of hydrogen-bond acceptors (Lipinski definition) is 4. The van der Waals surface area contributed by atoms with Gasteiger partial charge in [-0.25, -0.2) is 0 Å². The van der Waals surface area contributed by atoms with Crippen LogP contribution in [0, 0.1) is 11.3 Å². The summed E-state index contributed by atoms with van der Waals surface area (Å²) in [5, 5.41) is 2.50. The maximum absolute atomic E-state index is 12.3. The van der Waals surface area contributed by atoms with Crippen molar-refractivity contribution in [3.05, 3.63) is 29.8 Å². The number of nitrogens with one attached hydrogen (secondary N) is 1. The normalized spacial score (nSPS) is 27.5. The fourth-order valence-electron chi connectivity index (χ4n) is 6.63. The maximum Gasteiger partial charge on any atom is 0.234 e. The van der Waals surface area contributed by atoms with E-state index in [1.807, 2.05) is 6.07 Å². The number of carbonyl (C=O) groups excluding carboxylic acids is 2. The molecule has 1 N–H and O–H groups in total. The highest BCUT2D eigenvalue weighted by Gasteiger charge is 2.38. The van der Waals surface area contributed by atoms with E-state index in [1.165, 1.54) is 83.1 Å². The molecule has 1 saturated carbocycles. The van der Waals surface area contributed by atoms with Gasteiger partial charge in [0, 0.05) is 31.7 Å². The van der Waals surface area contributed by atoms with E-state index in [1.54, 1.807) is 0 Å². The summed E-state index contributed by atoms with van der Waals surface area (Å²) in [6.07, 6.45) is 13.6. The summed E-state index contributed by atoms with van der Waals surface area (Å²) in [5.41, 5.74) is 2.82. The molecule has 4 aliphatic rings. The van der Waals surface area contributed by atoms with Gasteiger partial charge in [-0.05, 0) is 87.1 Å². The van der Waals surface area contributed by atoms with Crippen molar-refractivity contribution in [2.75, 3.05) is 37.6 Å². The molecule has 0 aromatic heterocycles. The number of imide groups is 1. The van der Waals surface area contributed by atoms with E-state index < -0.39 is 0 Å². The van der Waals surface area contributed by atoms with E-state index in [0.717, 1.165) is 24.6 Å². The van der Waals surface area contributed by atoms with Crippen LogP contribution in [-0.4, -0.2) is 49.4 Å². The Balaban J connectivity index is 1.14. The van der Waals surface area contributed by atoms with Crippen LogP contribution in [0.4, 0.5) is 5.69 Å². The van der Waals surface area contributed by atoms with Gasteiger partial charge in [0.1, 0.15) is 0 Å². The summed E-state index contributed by atoms with van der Waals surface area (Å²) in [6, 6.07) is 8.48. The van der Waals surface area contributed by atoms with Gasteiger partial charge in [0.05, 0.1) is 5.92 Å². The van der Waals surface area contributed by atoms with Gasteiger partial charge in [0.2, 0.25) is 11.8 Å². The standard InChI is InChI=1S/C27H39N3O2/c31-25-10-9-24(26(32)28-25)22-7-4-8-23(19-22)30-17-13-27(14-18-30)11-15-29(16-12-27)20-21-5-2-1-3-6-21/h4,7-8,19,21,24H,1-3,5-6,9-18,20H2,(H,28,31,32). The number of nitrogens with zero attached hydrogens (tertiary/aromatic N) is 2. The molecule has 1 aliphatic carbocycles. The minimum atomic E-state index is -0.197. The van der Waals surface area contributed by atoms with Crippen LogP contribution in [0.2, 0.25) is 0 Å². The second-order valence-electron chi connectivity index (χ2n) is 10.9. The van der Waals surface area contributed by atoms with Gasteiger partial charge in [-0.1, -0.05) is 31.4 Å². The van der Waals surface area contributed by atoms with Crippen molar-refractivity contribution < 1.29 is 9.59 Å². The van der Waals surface area contributed by atoms with Crippen LogP contribution in [0.3, 0.4) is 0 Å². The SMILES string of the molecule is O=C1CCC(c2cccc(N3CCC4(CCN(CC5CCCCC5)CC4)CC3)c2)C(=O)N1. The van der Waals surface area contributed by atoms with Crippen LogP contribution in [0.25, 0.3) is 0 Å². The zero-order valence-electron chi connectivity index (χ0n) is 19.5. The second-order valence-corrected chi connectivity index (χ2v) is 10.9. The number of carbonyl (C=O) groups is 2. The van der Waals surface area contributed by atoms with Gasteiger partial charge >= 0.3 is 0 Å². The summed E-state index contributed by atoms with van der Waals surface area (Å²) < 4.78 is 0. The lowest BCUT2D eigenvalue weighted by atomic mass is 9.71. The molecule has 32 heavy (non-hydrogen) atoms. The monoisotopic (exact) mass is 437 g/mol. The van der Waals surface area contributed by atoms with E-state index in [4.69, 9.17) is 0 Å². The molecule has 1 atom stereocenters. The molecule has 1 spiro atoms. The van der Waals surface area contributed by atoms with Crippen molar-refractivity contribution in [3.8, 4) is 0 Å².